The molecule has 52 heavy (non-hydrogen) atoms. The molecule has 0 saturated carbocycles. The van der Waals surface area contributed by atoms with Gasteiger partial charge in [-0.05, 0) is 72.4 Å². The number of aliphatic imine (C=N–C) groups is 1. The van der Waals surface area contributed by atoms with Crippen molar-refractivity contribution in [2.24, 2.45) is 21.9 Å². The van der Waals surface area contributed by atoms with E-state index in [0.717, 1.165) is 17.3 Å². The zero-order valence-electron chi connectivity index (χ0n) is 29.6. The van der Waals surface area contributed by atoms with Gasteiger partial charge in [0.1, 0.15) is 23.4 Å². The summed E-state index contributed by atoms with van der Waals surface area (Å²) in [6.45, 7) is 9.75. The lowest BCUT2D eigenvalue weighted by Gasteiger charge is -2.28. The molecule has 278 valence electrons. The molecule has 6 N–H and O–H groups in total. The van der Waals surface area contributed by atoms with Gasteiger partial charge in [0.25, 0.3) is 5.91 Å². The number of benzene rings is 3. The van der Waals surface area contributed by atoms with E-state index in [9.17, 15) is 19.1 Å². The standard InChI is InChI=1S/C37H42Cl2F2N6O4S/c1-36(2,3)30(46-34(42)43)14-13-28(33(49)50)45-32(48)20-15-26(39)24(27(41)16-20)19-52-35-44-18-31(47(35)23-10-8-22(40)9-11-23)37(4,5)21-7-12-25(38)29(17-21)51-6/h7-12,15-18,28,30H,13-14,19H2,1-6H3,(H,45,48)(H,49,50)(H4,42,43,46). The largest absolute Gasteiger partial charge is 0.495 e. The SMILES string of the molecule is COc1cc(C(C)(C)c2cnc(SCc3c(F)cc(C(=O)NC(CCC(N=C(N)N)C(C)(C)C)C(=O)O)cc3Cl)n2-c2ccc(F)cc2)ccc1Cl. The first-order chi connectivity index (χ1) is 24.3. The van der Waals surface area contributed by atoms with Crippen LogP contribution in [0.4, 0.5) is 8.78 Å². The van der Waals surface area contributed by atoms with Gasteiger partial charge in [-0.2, -0.15) is 0 Å². The van der Waals surface area contributed by atoms with Crippen molar-refractivity contribution in [3.05, 3.63) is 105 Å². The summed E-state index contributed by atoms with van der Waals surface area (Å²) >= 11 is 14.0. The highest BCUT2D eigenvalue weighted by Gasteiger charge is 2.31. The Balaban J connectivity index is 1.59. The van der Waals surface area contributed by atoms with E-state index in [0.29, 0.717) is 21.6 Å². The lowest BCUT2D eigenvalue weighted by atomic mass is 9.81. The number of imidazole rings is 1. The van der Waals surface area contributed by atoms with Crippen LogP contribution in [0, 0.1) is 17.0 Å². The Morgan fingerprint density at radius 1 is 1.02 bits per heavy atom. The van der Waals surface area contributed by atoms with E-state index in [1.54, 1.807) is 24.4 Å². The van der Waals surface area contributed by atoms with Crippen LogP contribution in [0.25, 0.3) is 5.69 Å². The van der Waals surface area contributed by atoms with Crippen LogP contribution < -0.4 is 21.5 Å². The van der Waals surface area contributed by atoms with Crippen LogP contribution in [-0.2, 0) is 16.0 Å². The molecule has 2 atom stereocenters. The first kappa shape index (κ1) is 40.4. The summed E-state index contributed by atoms with van der Waals surface area (Å²) < 4.78 is 36.9. The van der Waals surface area contributed by atoms with Crippen molar-refractivity contribution < 1.29 is 28.2 Å². The number of thioether (sulfide) groups is 1. The maximum Gasteiger partial charge on any atom is 0.326 e. The minimum atomic E-state index is -1.29. The number of methoxy groups -OCH3 is 1. The number of hydrogen-bond acceptors (Lipinski definition) is 6. The van der Waals surface area contributed by atoms with Crippen LogP contribution in [0.5, 0.6) is 5.75 Å². The molecule has 15 heteroatoms. The third kappa shape index (κ3) is 9.55. The van der Waals surface area contributed by atoms with Crippen LogP contribution in [0.1, 0.15) is 74.6 Å². The number of carbonyl (C=O) groups excluding carboxylic acids is 1. The van der Waals surface area contributed by atoms with Gasteiger partial charge in [0, 0.05) is 33.0 Å². The molecule has 4 rings (SSSR count). The number of nitrogens with two attached hydrogens (primary N) is 2. The monoisotopic (exact) mass is 774 g/mol. The van der Waals surface area contributed by atoms with E-state index in [2.05, 4.69) is 15.3 Å². The van der Waals surface area contributed by atoms with Crippen molar-refractivity contribution in [1.82, 2.24) is 14.9 Å². The third-order valence-electron chi connectivity index (χ3n) is 8.71. The Labute approximate surface area is 315 Å². The first-order valence-electron chi connectivity index (χ1n) is 16.2. The fourth-order valence-corrected chi connectivity index (χ4v) is 7.19. The van der Waals surface area contributed by atoms with Crippen LogP contribution >= 0.6 is 35.0 Å². The Kier molecular flexibility index (Phi) is 12.9. The number of halogens is 4. The van der Waals surface area contributed by atoms with Gasteiger partial charge in [-0.25, -0.2) is 23.6 Å². The van der Waals surface area contributed by atoms with E-state index in [1.165, 1.54) is 37.1 Å². The van der Waals surface area contributed by atoms with Crippen LogP contribution in [0.3, 0.4) is 0 Å². The van der Waals surface area contributed by atoms with Gasteiger partial charge in [0.05, 0.1) is 30.1 Å². The van der Waals surface area contributed by atoms with Crippen LogP contribution in [-0.4, -0.2) is 51.7 Å². The maximum atomic E-state index is 15.6. The molecule has 0 aliphatic heterocycles. The molecule has 1 amide bonds. The average molecular weight is 776 g/mol. The van der Waals surface area contributed by atoms with Crippen molar-refractivity contribution in [1.29, 1.82) is 0 Å². The number of amides is 1. The van der Waals surface area contributed by atoms with Gasteiger partial charge in [-0.3, -0.25) is 9.36 Å². The van der Waals surface area contributed by atoms with Crippen molar-refractivity contribution in [3.8, 4) is 11.4 Å². The van der Waals surface area contributed by atoms with E-state index in [-0.39, 0.29) is 46.1 Å². The number of rotatable bonds is 14. The summed E-state index contributed by atoms with van der Waals surface area (Å²) in [6, 6.07) is 12.0. The lowest BCUT2D eigenvalue weighted by Crippen LogP contribution is -2.42. The highest BCUT2D eigenvalue weighted by molar-refractivity contribution is 7.98. The van der Waals surface area contributed by atoms with Gasteiger partial charge in [0.15, 0.2) is 11.1 Å². The quantitative estimate of drug-likeness (QED) is 0.0576. The van der Waals surface area contributed by atoms with Crippen molar-refractivity contribution >= 4 is 52.8 Å². The number of nitrogens with zero attached hydrogens (tertiary/aromatic N) is 3. The average Bonchev–Trinajstić information content (AvgIpc) is 3.50. The Morgan fingerprint density at radius 2 is 1.69 bits per heavy atom. The number of nitrogens with one attached hydrogen (secondary N) is 1. The second-order valence-electron chi connectivity index (χ2n) is 13.8. The number of ether oxygens (including phenoxy) is 1. The summed E-state index contributed by atoms with van der Waals surface area (Å²) in [4.78, 5) is 34.1. The highest BCUT2D eigenvalue weighted by atomic mass is 35.5. The summed E-state index contributed by atoms with van der Waals surface area (Å²) in [5.74, 6) is -2.83. The van der Waals surface area contributed by atoms with Gasteiger partial charge in [0.2, 0.25) is 0 Å². The van der Waals surface area contributed by atoms with E-state index < -0.39 is 41.0 Å². The normalized spacial score (nSPS) is 13.0. The summed E-state index contributed by atoms with van der Waals surface area (Å²) in [7, 11) is 1.53. The molecule has 3 aromatic carbocycles. The summed E-state index contributed by atoms with van der Waals surface area (Å²) in [5.41, 5.74) is 12.3. The molecule has 0 radical (unpaired) electrons. The lowest BCUT2D eigenvalue weighted by molar-refractivity contribution is -0.139. The van der Waals surface area contributed by atoms with E-state index >= 15 is 4.39 Å². The van der Waals surface area contributed by atoms with Crippen LogP contribution in [0.15, 0.2) is 70.9 Å². The summed E-state index contributed by atoms with van der Waals surface area (Å²) in [6.07, 6.45) is 2.00. The second-order valence-corrected chi connectivity index (χ2v) is 15.6. The van der Waals surface area contributed by atoms with E-state index in [4.69, 9.17) is 39.4 Å². The number of aromatic nitrogens is 2. The van der Waals surface area contributed by atoms with Crippen molar-refractivity contribution in [3.63, 3.8) is 0 Å². The maximum absolute atomic E-state index is 15.6. The predicted molar refractivity (Wildman–Crippen MR) is 202 cm³/mol. The van der Waals surface area contributed by atoms with Crippen molar-refractivity contribution in [2.45, 2.75) is 75.9 Å². The number of guanidine groups is 1. The topological polar surface area (TPSA) is 158 Å². The molecule has 0 aliphatic carbocycles. The Morgan fingerprint density at radius 3 is 2.27 bits per heavy atom. The molecular weight excluding hydrogens is 733 g/mol. The molecule has 0 bridgehead atoms. The molecule has 0 fully saturated rings. The smallest absolute Gasteiger partial charge is 0.326 e. The molecule has 1 aromatic heterocycles. The fraction of sp³-hybridized carbons (Fsp3) is 0.351. The van der Waals surface area contributed by atoms with E-state index in [1.807, 2.05) is 51.3 Å². The minimum absolute atomic E-state index is 0.0236. The van der Waals surface area contributed by atoms with Gasteiger partial charge >= 0.3 is 5.97 Å². The Bertz CT molecular complexity index is 1940. The first-order valence-corrected chi connectivity index (χ1v) is 18.0. The zero-order chi connectivity index (χ0) is 38.5. The number of carboxylic acid groups (broad SMARTS) is 1. The fourth-order valence-electron chi connectivity index (χ4n) is 5.62. The predicted octanol–water partition coefficient (Wildman–Crippen LogP) is 7.74. The number of hydrogen-bond donors (Lipinski definition) is 4. The zero-order valence-corrected chi connectivity index (χ0v) is 32.0. The highest BCUT2D eigenvalue weighted by Crippen LogP contribution is 2.40. The van der Waals surface area contributed by atoms with Gasteiger partial charge in [-0.1, -0.05) is 75.6 Å². The third-order valence-corrected chi connectivity index (χ3v) is 10.3. The molecule has 0 aliphatic rings. The minimum Gasteiger partial charge on any atom is -0.495 e. The molecule has 0 spiro atoms. The van der Waals surface area contributed by atoms with Crippen LogP contribution in [0.2, 0.25) is 10.0 Å². The molecule has 2 unspecified atom stereocenters. The number of aliphatic carboxylic acids is 1. The van der Waals surface area contributed by atoms with Gasteiger partial charge < -0.3 is 26.6 Å². The number of carboxylic acids is 1. The van der Waals surface area contributed by atoms with Gasteiger partial charge in [-0.15, -0.1) is 0 Å². The molecule has 1 heterocycles. The molecule has 4 aromatic rings. The van der Waals surface area contributed by atoms with Crippen molar-refractivity contribution in [2.75, 3.05) is 7.11 Å². The summed E-state index contributed by atoms with van der Waals surface area (Å²) in [5, 5.41) is 13.2. The molecule has 10 nitrogen and oxygen atoms in total. The number of carbonyl (C=O) groups is 2. The Hall–Kier alpha value is -4.33. The molecule has 0 saturated heterocycles. The second kappa shape index (κ2) is 16.6. The molecular formula is C37H42Cl2F2N6O4S.